The summed E-state index contributed by atoms with van der Waals surface area (Å²) in [6.07, 6.45) is 0. The molecule has 0 unspecified atom stereocenters. The van der Waals surface area contributed by atoms with Gasteiger partial charge in [0.05, 0.1) is 0 Å². The minimum atomic E-state index is 0. The SMILES string of the molecule is [Ba+2].[Cl-].[Na+].[OH-]. The standard InChI is InChI=1S/Ba.ClH.Na.H2O/h;1H;;1H2/q+2;;+1;/p-2. The van der Waals surface area contributed by atoms with Crippen molar-refractivity contribution in [3.63, 3.8) is 0 Å². The van der Waals surface area contributed by atoms with Crippen LogP contribution in [-0.2, 0) is 0 Å². The largest absolute Gasteiger partial charge is 2.00 e. The van der Waals surface area contributed by atoms with Gasteiger partial charge in [-0.1, -0.05) is 0 Å². The summed E-state index contributed by atoms with van der Waals surface area (Å²) in [5.74, 6) is 0. The van der Waals surface area contributed by atoms with Crippen molar-refractivity contribution in [3.05, 3.63) is 0 Å². The molecule has 0 heterocycles. The minimum Gasteiger partial charge on any atom is -1.00 e. The van der Waals surface area contributed by atoms with Gasteiger partial charge in [0.25, 0.3) is 0 Å². The van der Waals surface area contributed by atoms with Crippen LogP contribution in [0.25, 0.3) is 0 Å². The first-order valence-electron chi connectivity index (χ1n) is 0. The first kappa shape index (κ1) is 29.0. The molecule has 0 aliphatic rings. The molecular weight excluding hydrogens is 212 g/mol. The predicted molar refractivity (Wildman–Crippen MR) is 7.69 cm³/mol. The molecule has 1 nitrogen and oxygen atoms in total. The molecule has 0 aromatic rings. The quantitative estimate of drug-likeness (QED) is 0.368. The van der Waals surface area contributed by atoms with Crippen LogP contribution in [0.1, 0.15) is 0 Å². The zero-order valence-electron chi connectivity index (χ0n) is 2.53. The number of hydrogen-bond donors (Lipinski definition) is 0. The Labute approximate surface area is 94.0 Å². The van der Waals surface area contributed by atoms with Crippen molar-refractivity contribution in [2.24, 2.45) is 0 Å². The third kappa shape index (κ3) is 8.84. The van der Waals surface area contributed by atoms with Gasteiger partial charge in [-0.2, -0.15) is 0 Å². The van der Waals surface area contributed by atoms with Crippen molar-refractivity contribution in [1.29, 1.82) is 0 Å². The Morgan fingerprint density at radius 1 is 1.00 bits per heavy atom. The van der Waals surface area contributed by atoms with Crippen molar-refractivity contribution in [2.45, 2.75) is 0 Å². The maximum atomic E-state index is 0. The molecule has 16 valence electrons. The second-order valence-corrected chi connectivity index (χ2v) is 0. The number of hydrogen-bond acceptors (Lipinski definition) is 1. The molecule has 0 aromatic carbocycles. The van der Waals surface area contributed by atoms with E-state index in [0.717, 1.165) is 0 Å². The van der Waals surface area contributed by atoms with Crippen molar-refractivity contribution < 1.29 is 47.4 Å². The van der Waals surface area contributed by atoms with E-state index >= 15 is 0 Å². The summed E-state index contributed by atoms with van der Waals surface area (Å²) in [7, 11) is 0. The summed E-state index contributed by atoms with van der Waals surface area (Å²) < 4.78 is 0. The van der Waals surface area contributed by atoms with E-state index in [0.29, 0.717) is 0 Å². The molecule has 0 amide bonds. The van der Waals surface area contributed by atoms with E-state index in [1.165, 1.54) is 0 Å². The molecule has 0 saturated heterocycles. The Balaban J connectivity index is 0. The van der Waals surface area contributed by atoms with Crippen molar-refractivity contribution in [1.82, 2.24) is 0 Å². The van der Waals surface area contributed by atoms with Crippen LogP contribution in [0.4, 0.5) is 0 Å². The average molecular weight is 213 g/mol. The smallest absolute Gasteiger partial charge is 1.00 e. The molecule has 1 N–H and O–H groups in total. The molecule has 4 heteroatoms. The van der Waals surface area contributed by atoms with E-state index in [2.05, 4.69) is 0 Å². The van der Waals surface area contributed by atoms with Crippen LogP contribution in [0, 0.1) is 0 Å². The molecule has 4 heavy (non-hydrogen) atoms. The van der Waals surface area contributed by atoms with Gasteiger partial charge in [0.1, 0.15) is 0 Å². The second kappa shape index (κ2) is 17.0. The Morgan fingerprint density at radius 2 is 1.00 bits per heavy atom. The molecule has 0 fully saturated rings. The molecule has 0 spiro atoms. The first-order chi connectivity index (χ1) is 0. The summed E-state index contributed by atoms with van der Waals surface area (Å²) in [5, 5.41) is 0. The molecule has 0 saturated carbocycles. The van der Waals surface area contributed by atoms with Gasteiger partial charge < -0.3 is 17.9 Å². The van der Waals surface area contributed by atoms with Crippen molar-refractivity contribution in [3.8, 4) is 0 Å². The van der Waals surface area contributed by atoms with Gasteiger partial charge in [-0.25, -0.2) is 0 Å². The Kier molecular flexibility index (Phi) is 123. The van der Waals surface area contributed by atoms with Crippen LogP contribution in [-0.4, -0.2) is 54.4 Å². The molecule has 0 aliphatic carbocycles. The summed E-state index contributed by atoms with van der Waals surface area (Å²) in [6, 6.07) is 0. The zero-order valence-corrected chi connectivity index (χ0v) is 9.73. The van der Waals surface area contributed by atoms with Gasteiger partial charge in [-0.3, -0.25) is 0 Å². The van der Waals surface area contributed by atoms with Crippen LogP contribution in [0.3, 0.4) is 0 Å². The van der Waals surface area contributed by atoms with Gasteiger partial charge >= 0.3 is 78.4 Å². The predicted octanol–water partition coefficient (Wildman–Crippen LogP) is -6.55. The fraction of sp³-hybridized carbons (Fsp3) is 0. The van der Waals surface area contributed by atoms with E-state index in [1.54, 1.807) is 0 Å². The molecule has 0 bridgehead atoms. The molecule has 0 radical (unpaired) electrons. The third-order valence-corrected chi connectivity index (χ3v) is 0. The van der Waals surface area contributed by atoms with E-state index in [9.17, 15) is 0 Å². The summed E-state index contributed by atoms with van der Waals surface area (Å²) in [5.41, 5.74) is 0. The van der Waals surface area contributed by atoms with Crippen LogP contribution in [0.5, 0.6) is 0 Å². The average Bonchev–Trinajstić information content (AvgIpc) is 0. The van der Waals surface area contributed by atoms with E-state index in [1.807, 2.05) is 0 Å². The molecule has 0 aliphatic heterocycles. The monoisotopic (exact) mass is 213 g/mol. The summed E-state index contributed by atoms with van der Waals surface area (Å²) >= 11 is 0. The second-order valence-electron chi connectivity index (χ2n) is 0. The molecule has 0 aromatic heterocycles. The third-order valence-electron chi connectivity index (χ3n) is 0. The van der Waals surface area contributed by atoms with Gasteiger partial charge in [0.15, 0.2) is 0 Å². The zero-order chi connectivity index (χ0) is 0. The molecule has 0 atom stereocenters. The van der Waals surface area contributed by atoms with Crippen LogP contribution in [0.2, 0.25) is 0 Å². The summed E-state index contributed by atoms with van der Waals surface area (Å²) in [6.45, 7) is 0. The first-order valence-corrected chi connectivity index (χ1v) is 0. The van der Waals surface area contributed by atoms with E-state index in [4.69, 9.17) is 0 Å². The van der Waals surface area contributed by atoms with Crippen molar-refractivity contribution >= 4 is 48.9 Å². The maximum Gasteiger partial charge on any atom is 2.00 e. The van der Waals surface area contributed by atoms with E-state index in [-0.39, 0.29) is 96.3 Å². The minimum absolute atomic E-state index is 0. The molecular formula is HBaClNaO+. The van der Waals surface area contributed by atoms with Gasteiger partial charge in [-0.15, -0.1) is 0 Å². The van der Waals surface area contributed by atoms with Gasteiger partial charge in [-0.05, 0) is 0 Å². The van der Waals surface area contributed by atoms with Crippen molar-refractivity contribution in [2.75, 3.05) is 0 Å². The number of rotatable bonds is 0. The Hall–Kier alpha value is 2.82. The Bertz CT molecular complexity index is 8.00. The Morgan fingerprint density at radius 3 is 1.00 bits per heavy atom. The number of halogens is 1. The van der Waals surface area contributed by atoms with Crippen LogP contribution < -0.4 is 42.0 Å². The fourth-order valence-corrected chi connectivity index (χ4v) is 0. The van der Waals surface area contributed by atoms with Gasteiger partial charge in [0, 0.05) is 0 Å². The van der Waals surface area contributed by atoms with E-state index < -0.39 is 0 Å². The fourth-order valence-electron chi connectivity index (χ4n) is 0. The topological polar surface area (TPSA) is 30.0 Å². The maximum absolute atomic E-state index is 0. The summed E-state index contributed by atoms with van der Waals surface area (Å²) in [4.78, 5) is 0. The van der Waals surface area contributed by atoms with Crippen LogP contribution in [0.15, 0.2) is 0 Å². The normalized spacial score (nSPS) is 0. The van der Waals surface area contributed by atoms with Crippen LogP contribution >= 0.6 is 0 Å². The van der Waals surface area contributed by atoms with Gasteiger partial charge in [0.2, 0.25) is 0 Å². The molecule has 0 rings (SSSR count).